The molecule has 1 saturated carbocycles. The molecule has 0 bridgehead atoms. The smallest absolute Gasteiger partial charge is 0.276 e. The monoisotopic (exact) mass is 559 g/mol. The summed E-state index contributed by atoms with van der Waals surface area (Å²) in [6, 6.07) is 23.5. The number of ether oxygens (including phenoxy) is 1. The fourth-order valence-electron chi connectivity index (χ4n) is 4.58. The van der Waals surface area contributed by atoms with E-state index in [1.54, 1.807) is 18.2 Å². The zero-order valence-corrected chi connectivity index (χ0v) is 22.2. The van der Waals surface area contributed by atoms with Gasteiger partial charge in [0.1, 0.15) is 12.4 Å². The molecule has 0 aliphatic heterocycles. The van der Waals surface area contributed by atoms with E-state index in [4.69, 9.17) is 27.9 Å². The molecule has 3 aromatic carbocycles. The summed E-state index contributed by atoms with van der Waals surface area (Å²) in [6.45, 7) is 0.466. The summed E-state index contributed by atoms with van der Waals surface area (Å²) in [5.41, 5.74) is 2.21. The van der Waals surface area contributed by atoms with Crippen LogP contribution in [0.25, 0.3) is 17.2 Å². The van der Waals surface area contributed by atoms with Crippen LogP contribution in [0.1, 0.15) is 34.5 Å². The molecule has 1 aliphatic carbocycles. The van der Waals surface area contributed by atoms with E-state index in [-0.39, 0.29) is 34.1 Å². The average Bonchev–Trinajstić information content (AvgIpc) is 3.61. The highest BCUT2D eigenvalue weighted by atomic mass is 35.5. The van der Waals surface area contributed by atoms with Gasteiger partial charge < -0.3 is 15.0 Å². The van der Waals surface area contributed by atoms with Crippen LogP contribution >= 0.6 is 23.2 Å². The maximum atomic E-state index is 13.2. The molecule has 10 heteroatoms. The number of fused-ring (bicyclic) bond motifs is 1. The number of carbonyl (C=O) groups is 1. The highest BCUT2D eigenvalue weighted by molar-refractivity contribution is 6.34. The molecular formula is C29H23Cl2N5O3. The van der Waals surface area contributed by atoms with Crippen molar-refractivity contribution in [3.63, 3.8) is 0 Å². The molecule has 5 aromatic rings. The lowest BCUT2D eigenvalue weighted by molar-refractivity contribution is 0.0945. The normalized spacial score (nSPS) is 13.8. The van der Waals surface area contributed by atoms with Crippen LogP contribution in [0.2, 0.25) is 10.0 Å². The van der Waals surface area contributed by atoms with Crippen molar-refractivity contribution >= 4 is 34.9 Å². The maximum absolute atomic E-state index is 13.2. The summed E-state index contributed by atoms with van der Waals surface area (Å²) in [7, 11) is 0. The van der Waals surface area contributed by atoms with Crippen LogP contribution in [0, 0.1) is 0 Å². The summed E-state index contributed by atoms with van der Waals surface area (Å²) >= 11 is 12.5. The van der Waals surface area contributed by atoms with Crippen molar-refractivity contribution in [1.29, 1.82) is 0 Å². The molecule has 2 aromatic heterocycles. The van der Waals surface area contributed by atoms with Crippen molar-refractivity contribution in [2.45, 2.75) is 24.9 Å². The Morgan fingerprint density at radius 2 is 1.79 bits per heavy atom. The molecule has 6 rings (SSSR count). The molecule has 1 aliphatic rings. The van der Waals surface area contributed by atoms with Gasteiger partial charge in [-0.25, -0.2) is 0 Å². The zero-order valence-electron chi connectivity index (χ0n) is 20.7. The highest BCUT2D eigenvalue weighted by Crippen LogP contribution is 2.48. The van der Waals surface area contributed by atoms with E-state index in [1.165, 1.54) is 10.6 Å². The minimum absolute atomic E-state index is 0.00535. The first-order valence-electron chi connectivity index (χ1n) is 12.4. The summed E-state index contributed by atoms with van der Waals surface area (Å²) in [5.74, 6) is 0.706. The molecule has 0 radical (unpaired) electrons. The number of nitrogens with one attached hydrogen (secondary N) is 2. The van der Waals surface area contributed by atoms with Gasteiger partial charge in [-0.15, -0.1) is 5.10 Å². The summed E-state index contributed by atoms with van der Waals surface area (Å²) in [5, 5.41) is 8.29. The number of rotatable bonds is 8. The molecule has 196 valence electrons. The van der Waals surface area contributed by atoms with Gasteiger partial charge in [-0.05, 0) is 42.7 Å². The zero-order chi connectivity index (χ0) is 27.0. The Morgan fingerprint density at radius 3 is 2.54 bits per heavy atom. The standard InChI is InChI=1S/C29H23Cl2N5O3/c30-20-11-9-19(10-12-20)29(13-14-29)17-32-27(38)25-22(31)7-4-8-23(25)39-16-21-15-24(37)36-28(33-21)34-26(35-36)18-5-2-1-3-6-18/h1-12,15H,13-14,16-17H2,(H,32,38)(H,33,34,35). The van der Waals surface area contributed by atoms with Gasteiger partial charge in [-0.3, -0.25) is 9.59 Å². The Balaban J connectivity index is 1.19. The molecule has 8 nitrogen and oxygen atoms in total. The van der Waals surface area contributed by atoms with Crippen LogP contribution in [0.5, 0.6) is 5.75 Å². The minimum atomic E-state index is -0.349. The second kappa shape index (κ2) is 10.2. The van der Waals surface area contributed by atoms with Crippen LogP contribution in [0.3, 0.4) is 0 Å². The van der Waals surface area contributed by atoms with Gasteiger partial charge in [-0.1, -0.05) is 71.7 Å². The molecule has 0 atom stereocenters. The first kappa shape index (κ1) is 25.2. The third kappa shape index (κ3) is 5.13. The second-order valence-corrected chi connectivity index (χ2v) is 10.4. The van der Waals surface area contributed by atoms with Gasteiger partial charge in [0.15, 0.2) is 5.82 Å². The molecule has 0 unspecified atom stereocenters. The van der Waals surface area contributed by atoms with Gasteiger partial charge in [-0.2, -0.15) is 9.50 Å². The predicted octanol–water partition coefficient (Wildman–Crippen LogP) is 5.43. The third-order valence-electron chi connectivity index (χ3n) is 6.90. The fraction of sp³-hybridized carbons (Fsp3) is 0.172. The Labute approximate surface area is 233 Å². The van der Waals surface area contributed by atoms with Crippen molar-refractivity contribution in [3.8, 4) is 17.1 Å². The van der Waals surface area contributed by atoms with E-state index in [2.05, 4.69) is 20.4 Å². The molecule has 2 heterocycles. The summed E-state index contributed by atoms with van der Waals surface area (Å²) in [6.07, 6.45) is 1.95. The Kier molecular flexibility index (Phi) is 6.58. The molecule has 39 heavy (non-hydrogen) atoms. The van der Waals surface area contributed by atoms with Crippen LogP contribution < -0.4 is 15.6 Å². The number of hydrogen-bond acceptors (Lipinski definition) is 5. The highest BCUT2D eigenvalue weighted by Gasteiger charge is 2.44. The fourth-order valence-corrected chi connectivity index (χ4v) is 4.96. The van der Waals surface area contributed by atoms with E-state index in [9.17, 15) is 9.59 Å². The van der Waals surface area contributed by atoms with Gasteiger partial charge in [0.25, 0.3) is 11.5 Å². The molecule has 0 saturated heterocycles. The molecule has 1 fully saturated rings. The third-order valence-corrected chi connectivity index (χ3v) is 7.47. The first-order valence-corrected chi connectivity index (χ1v) is 13.2. The number of benzene rings is 3. The average molecular weight is 560 g/mol. The second-order valence-electron chi connectivity index (χ2n) is 9.54. The molecule has 2 N–H and O–H groups in total. The molecular weight excluding hydrogens is 537 g/mol. The Hall–Kier alpha value is -4.14. The van der Waals surface area contributed by atoms with E-state index in [1.807, 2.05) is 54.6 Å². The summed E-state index contributed by atoms with van der Waals surface area (Å²) < 4.78 is 7.19. The van der Waals surface area contributed by atoms with Crippen molar-refractivity contribution in [2.75, 3.05) is 6.54 Å². The van der Waals surface area contributed by atoms with Crippen molar-refractivity contribution in [3.05, 3.63) is 116 Å². The molecule has 1 amide bonds. The Morgan fingerprint density at radius 1 is 1.03 bits per heavy atom. The summed E-state index contributed by atoms with van der Waals surface area (Å²) in [4.78, 5) is 33.5. The van der Waals surface area contributed by atoms with Crippen LogP contribution in [-0.4, -0.2) is 32.0 Å². The quantitative estimate of drug-likeness (QED) is 0.264. The van der Waals surface area contributed by atoms with Gasteiger partial charge in [0.2, 0.25) is 5.78 Å². The van der Waals surface area contributed by atoms with Gasteiger partial charge >= 0.3 is 0 Å². The van der Waals surface area contributed by atoms with Crippen LogP contribution in [0.15, 0.2) is 83.7 Å². The van der Waals surface area contributed by atoms with Crippen molar-refractivity contribution in [2.24, 2.45) is 0 Å². The number of aromatic nitrogens is 4. The van der Waals surface area contributed by atoms with Gasteiger partial charge in [0.05, 0.1) is 16.3 Å². The van der Waals surface area contributed by atoms with Gasteiger partial charge in [0, 0.05) is 28.6 Å². The number of carbonyl (C=O) groups excluding carboxylic acids is 1. The lowest BCUT2D eigenvalue weighted by Crippen LogP contribution is -2.32. The number of nitrogens with zero attached hydrogens (tertiary/aromatic N) is 3. The number of aromatic amines is 1. The number of halogens is 2. The van der Waals surface area contributed by atoms with E-state index in [0.29, 0.717) is 34.6 Å². The van der Waals surface area contributed by atoms with Crippen molar-refractivity contribution in [1.82, 2.24) is 24.9 Å². The largest absolute Gasteiger partial charge is 0.486 e. The van der Waals surface area contributed by atoms with Crippen LogP contribution in [-0.2, 0) is 12.0 Å². The van der Waals surface area contributed by atoms with Crippen LogP contribution in [0.4, 0.5) is 0 Å². The number of H-pyrrole nitrogens is 1. The number of hydrogen-bond donors (Lipinski definition) is 2. The minimum Gasteiger partial charge on any atom is -0.486 e. The van der Waals surface area contributed by atoms with E-state index >= 15 is 0 Å². The first-order chi connectivity index (χ1) is 18.9. The SMILES string of the molecule is O=C(NCC1(c2ccc(Cl)cc2)CC1)c1c(Cl)cccc1OCc1cc(=O)n2nc(-c3ccccc3)nc2[nH]1. The van der Waals surface area contributed by atoms with E-state index < -0.39 is 0 Å². The predicted molar refractivity (Wildman–Crippen MR) is 150 cm³/mol. The topological polar surface area (TPSA) is 101 Å². The number of amides is 1. The van der Waals surface area contributed by atoms with Crippen molar-refractivity contribution < 1.29 is 9.53 Å². The lowest BCUT2D eigenvalue weighted by Gasteiger charge is -2.18. The molecule has 0 spiro atoms. The van der Waals surface area contributed by atoms with E-state index in [0.717, 1.165) is 24.0 Å². The Bertz CT molecular complexity index is 1730. The lowest BCUT2D eigenvalue weighted by atomic mass is 9.96. The maximum Gasteiger partial charge on any atom is 0.276 e.